The van der Waals surface area contributed by atoms with E-state index in [1.54, 1.807) is 6.07 Å². The van der Waals surface area contributed by atoms with Crippen LogP contribution in [0, 0.1) is 11.6 Å². The van der Waals surface area contributed by atoms with Gasteiger partial charge < -0.3 is 5.32 Å². The maximum Gasteiger partial charge on any atom is 0.159 e. The number of hydrogen-bond acceptors (Lipinski definition) is 1. The highest BCUT2D eigenvalue weighted by Crippen LogP contribution is 2.21. The van der Waals surface area contributed by atoms with Gasteiger partial charge in [0.1, 0.15) is 0 Å². The van der Waals surface area contributed by atoms with Crippen molar-refractivity contribution in [2.45, 2.75) is 26.3 Å². The van der Waals surface area contributed by atoms with Gasteiger partial charge >= 0.3 is 0 Å². The summed E-state index contributed by atoms with van der Waals surface area (Å²) < 4.78 is 25.9. The molecule has 1 N–H and O–H groups in total. The molecule has 0 bridgehead atoms. The number of halogens is 2. The van der Waals surface area contributed by atoms with E-state index in [4.69, 9.17) is 0 Å². The van der Waals surface area contributed by atoms with Crippen LogP contribution >= 0.6 is 0 Å². The molecular weight excluding hydrogens is 208 g/mol. The van der Waals surface area contributed by atoms with Crippen LogP contribution < -0.4 is 5.32 Å². The van der Waals surface area contributed by atoms with Gasteiger partial charge in [0.2, 0.25) is 0 Å². The summed E-state index contributed by atoms with van der Waals surface area (Å²) in [5, 5.41) is 3.24. The van der Waals surface area contributed by atoms with Gasteiger partial charge in [-0.2, -0.15) is 0 Å². The van der Waals surface area contributed by atoms with Crippen molar-refractivity contribution in [3.05, 3.63) is 47.5 Å². The maximum atomic E-state index is 13.1. The average Bonchev–Trinajstić information content (AvgIpc) is 2.23. The number of rotatable bonds is 5. The normalized spacial score (nSPS) is 12.5. The molecule has 16 heavy (non-hydrogen) atoms. The monoisotopic (exact) mass is 225 g/mol. The molecular formula is C13H17F2N. The number of nitrogens with one attached hydrogen (secondary N) is 1. The van der Waals surface area contributed by atoms with E-state index in [0.717, 1.165) is 24.6 Å². The predicted molar refractivity (Wildman–Crippen MR) is 62.2 cm³/mol. The Morgan fingerprint density at radius 1 is 1.38 bits per heavy atom. The van der Waals surface area contributed by atoms with E-state index in [1.807, 2.05) is 13.8 Å². The van der Waals surface area contributed by atoms with Crippen LogP contribution in [0.4, 0.5) is 8.78 Å². The molecule has 1 unspecified atom stereocenters. The van der Waals surface area contributed by atoms with Gasteiger partial charge in [-0.25, -0.2) is 8.78 Å². The van der Waals surface area contributed by atoms with Crippen molar-refractivity contribution >= 4 is 0 Å². The van der Waals surface area contributed by atoms with Gasteiger partial charge in [-0.3, -0.25) is 0 Å². The zero-order valence-electron chi connectivity index (χ0n) is 9.69. The van der Waals surface area contributed by atoms with Crippen LogP contribution in [-0.4, -0.2) is 6.54 Å². The molecule has 1 atom stereocenters. The quantitative estimate of drug-likeness (QED) is 0.755. The van der Waals surface area contributed by atoms with E-state index in [9.17, 15) is 8.78 Å². The van der Waals surface area contributed by atoms with Crippen molar-refractivity contribution < 1.29 is 8.78 Å². The average molecular weight is 225 g/mol. The fourth-order valence-corrected chi connectivity index (χ4v) is 1.56. The summed E-state index contributed by atoms with van der Waals surface area (Å²) in [5.74, 6) is -1.64. The molecule has 1 aromatic rings. The van der Waals surface area contributed by atoms with Crippen molar-refractivity contribution in [1.82, 2.24) is 5.32 Å². The van der Waals surface area contributed by atoms with Crippen LogP contribution in [-0.2, 0) is 0 Å². The van der Waals surface area contributed by atoms with Crippen molar-refractivity contribution in [2.75, 3.05) is 6.54 Å². The van der Waals surface area contributed by atoms with Crippen LogP contribution in [0.1, 0.15) is 31.9 Å². The van der Waals surface area contributed by atoms with Gasteiger partial charge in [0.05, 0.1) is 6.04 Å². The Hall–Kier alpha value is -1.22. The van der Waals surface area contributed by atoms with E-state index in [0.29, 0.717) is 5.56 Å². The molecule has 0 radical (unpaired) electrons. The molecule has 0 saturated carbocycles. The molecule has 1 rings (SSSR count). The molecule has 0 aromatic heterocycles. The Morgan fingerprint density at radius 2 is 2.06 bits per heavy atom. The van der Waals surface area contributed by atoms with E-state index >= 15 is 0 Å². The van der Waals surface area contributed by atoms with E-state index < -0.39 is 11.6 Å². The van der Waals surface area contributed by atoms with Crippen LogP contribution in [0.5, 0.6) is 0 Å². The fraction of sp³-hybridized carbons (Fsp3) is 0.385. The summed E-state index contributed by atoms with van der Waals surface area (Å²) in [6.45, 7) is 8.59. The highest BCUT2D eigenvalue weighted by atomic mass is 19.2. The third kappa shape index (κ3) is 3.14. The molecule has 0 aliphatic heterocycles. The molecule has 88 valence electrons. The Bertz CT molecular complexity index is 374. The molecule has 0 heterocycles. The highest BCUT2D eigenvalue weighted by Gasteiger charge is 2.13. The third-order valence-electron chi connectivity index (χ3n) is 2.37. The van der Waals surface area contributed by atoms with Crippen LogP contribution in [0.25, 0.3) is 0 Å². The minimum atomic E-state index is -0.820. The minimum absolute atomic E-state index is 0.116. The molecule has 0 aliphatic carbocycles. The van der Waals surface area contributed by atoms with Crippen molar-refractivity contribution in [1.29, 1.82) is 0 Å². The molecule has 0 aliphatic rings. The Balaban J connectivity index is 2.92. The summed E-state index contributed by atoms with van der Waals surface area (Å²) in [6.07, 6.45) is 0.980. The molecule has 3 heteroatoms. The largest absolute Gasteiger partial charge is 0.307 e. The molecule has 0 spiro atoms. The topological polar surface area (TPSA) is 12.0 Å². The van der Waals surface area contributed by atoms with E-state index in [-0.39, 0.29) is 6.04 Å². The third-order valence-corrected chi connectivity index (χ3v) is 2.37. The molecule has 0 saturated heterocycles. The van der Waals surface area contributed by atoms with Crippen molar-refractivity contribution in [2.24, 2.45) is 0 Å². The first-order chi connectivity index (χ1) is 7.56. The Labute approximate surface area is 95.2 Å². The fourth-order valence-electron chi connectivity index (χ4n) is 1.56. The second-order valence-electron chi connectivity index (χ2n) is 3.91. The highest BCUT2D eigenvalue weighted by molar-refractivity contribution is 5.27. The first-order valence-corrected chi connectivity index (χ1v) is 5.40. The van der Waals surface area contributed by atoms with Crippen LogP contribution in [0.2, 0.25) is 0 Å². The van der Waals surface area contributed by atoms with Crippen LogP contribution in [0.15, 0.2) is 30.4 Å². The van der Waals surface area contributed by atoms with E-state index in [2.05, 4.69) is 11.9 Å². The lowest BCUT2D eigenvalue weighted by Gasteiger charge is -2.19. The summed E-state index contributed by atoms with van der Waals surface area (Å²) in [5.41, 5.74) is 1.60. The Morgan fingerprint density at radius 3 is 2.56 bits per heavy atom. The Kier molecular flexibility index (Phi) is 4.62. The minimum Gasteiger partial charge on any atom is -0.307 e. The SMILES string of the molecule is C=C(C)C(NCCC)c1ccc(F)c(F)c1. The van der Waals surface area contributed by atoms with E-state index in [1.165, 1.54) is 6.07 Å². The number of hydrogen-bond donors (Lipinski definition) is 1. The zero-order chi connectivity index (χ0) is 12.1. The summed E-state index contributed by atoms with van der Waals surface area (Å²) >= 11 is 0. The standard InChI is InChI=1S/C13H17F2N/c1-4-7-16-13(9(2)3)10-5-6-11(14)12(15)8-10/h5-6,8,13,16H,2,4,7H2,1,3H3. The van der Waals surface area contributed by atoms with Crippen molar-refractivity contribution in [3.63, 3.8) is 0 Å². The summed E-state index contributed by atoms with van der Waals surface area (Å²) in [6, 6.07) is 3.83. The first kappa shape index (κ1) is 12.8. The predicted octanol–water partition coefficient (Wildman–Crippen LogP) is 3.58. The van der Waals surface area contributed by atoms with Gasteiger partial charge in [0.15, 0.2) is 11.6 Å². The van der Waals surface area contributed by atoms with Gasteiger partial charge in [-0.15, -0.1) is 0 Å². The molecule has 1 aromatic carbocycles. The number of benzene rings is 1. The zero-order valence-corrected chi connectivity index (χ0v) is 9.69. The van der Waals surface area contributed by atoms with Gasteiger partial charge in [-0.05, 0) is 37.6 Å². The molecule has 0 fully saturated rings. The van der Waals surface area contributed by atoms with Gasteiger partial charge in [-0.1, -0.05) is 25.1 Å². The summed E-state index contributed by atoms with van der Waals surface area (Å²) in [7, 11) is 0. The smallest absolute Gasteiger partial charge is 0.159 e. The second-order valence-corrected chi connectivity index (χ2v) is 3.91. The maximum absolute atomic E-state index is 13.1. The molecule has 0 amide bonds. The lowest BCUT2D eigenvalue weighted by molar-refractivity contribution is 0.502. The lowest BCUT2D eigenvalue weighted by Crippen LogP contribution is -2.23. The van der Waals surface area contributed by atoms with Gasteiger partial charge in [0, 0.05) is 0 Å². The summed E-state index contributed by atoms with van der Waals surface area (Å²) in [4.78, 5) is 0. The lowest BCUT2D eigenvalue weighted by atomic mass is 10.0. The van der Waals surface area contributed by atoms with Crippen LogP contribution in [0.3, 0.4) is 0 Å². The van der Waals surface area contributed by atoms with Crippen molar-refractivity contribution in [3.8, 4) is 0 Å². The second kappa shape index (κ2) is 5.75. The first-order valence-electron chi connectivity index (χ1n) is 5.40. The van der Waals surface area contributed by atoms with Gasteiger partial charge in [0.25, 0.3) is 0 Å². The molecule has 1 nitrogen and oxygen atoms in total.